The molecule has 0 atom stereocenters. The summed E-state index contributed by atoms with van der Waals surface area (Å²) in [5, 5.41) is 28.8. The molecule has 0 radical (unpaired) electrons. The molecule has 0 aliphatic carbocycles. The number of aryl methyl sites for hydroxylation is 3. The minimum absolute atomic E-state index is 0.287. The summed E-state index contributed by atoms with van der Waals surface area (Å²) in [6.45, 7) is 6.34. The van der Waals surface area contributed by atoms with Crippen LogP contribution in [0.1, 0.15) is 26.2 Å². The van der Waals surface area contributed by atoms with Crippen molar-refractivity contribution in [1.29, 1.82) is 0 Å². The van der Waals surface area contributed by atoms with Crippen LogP contribution in [0.2, 0.25) is 0 Å². The zero-order valence-corrected chi connectivity index (χ0v) is 23.3. The number of rotatable bonds is 18. The van der Waals surface area contributed by atoms with E-state index in [2.05, 4.69) is 0 Å². The Morgan fingerprint density at radius 3 is 1.15 bits per heavy atom. The maximum atomic E-state index is 11.4. The molecule has 3 N–H and O–H groups in total. The van der Waals surface area contributed by atoms with Gasteiger partial charge >= 0.3 is 0 Å². The van der Waals surface area contributed by atoms with Crippen molar-refractivity contribution in [3.63, 3.8) is 0 Å². The molecule has 3 aromatic heterocycles. The highest BCUT2D eigenvalue weighted by molar-refractivity contribution is 5.16. The second kappa shape index (κ2) is 15.8. The van der Waals surface area contributed by atoms with Crippen molar-refractivity contribution in [3.05, 3.63) is 86.1 Å². The van der Waals surface area contributed by atoms with Crippen molar-refractivity contribution < 1.29 is 29.5 Å². The van der Waals surface area contributed by atoms with E-state index >= 15 is 0 Å². The van der Waals surface area contributed by atoms with Gasteiger partial charge in [-0.1, -0.05) is 6.92 Å². The van der Waals surface area contributed by atoms with Gasteiger partial charge in [-0.2, -0.15) is 0 Å². The van der Waals surface area contributed by atoms with E-state index in [0.29, 0.717) is 78.5 Å². The zero-order valence-electron chi connectivity index (χ0n) is 23.3. The largest absolute Gasteiger partial charge is 0.503 e. The highest BCUT2D eigenvalue weighted by atomic mass is 16.5. The smallest absolute Gasteiger partial charge is 0.223 e. The molecule has 3 aromatic rings. The van der Waals surface area contributed by atoms with Gasteiger partial charge in [-0.15, -0.1) is 0 Å². The molecular formula is C29H39N3O9. The molecule has 12 heteroatoms. The van der Waals surface area contributed by atoms with Gasteiger partial charge in [0.1, 0.15) is 0 Å². The van der Waals surface area contributed by atoms with Crippen LogP contribution in [-0.4, -0.2) is 68.7 Å². The van der Waals surface area contributed by atoms with Crippen LogP contribution in [0.4, 0.5) is 0 Å². The van der Waals surface area contributed by atoms with Crippen molar-refractivity contribution in [3.8, 4) is 17.2 Å². The SMILES string of the molecule is CC(COCCCn1ccc(=O)c(O)c1)(COCCCn1ccc(=O)c(O)c1)COCCCn1ccc(=O)c(O)c1. The van der Waals surface area contributed by atoms with Crippen LogP contribution in [0.25, 0.3) is 0 Å². The minimum atomic E-state index is -0.430. The standard InChI is InChI=1S/C29H39N3O9/c1-29(20-39-14-2-8-30-11-5-23(33)26(36)17-30,21-40-15-3-9-31-12-6-24(34)27(37)18-31)22-41-16-4-10-32-13-7-25(35)28(38)19-32/h5-7,11-13,17-19,36-38H,2-4,8-10,14-16,20-22H2,1H3. The summed E-state index contributed by atoms with van der Waals surface area (Å²) in [7, 11) is 0. The topological polar surface area (TPSA) is 154 Å². The van der Waals surface area contributed by atoms with Crippen molar-refractivity contribution in [1.82, 2.24) is 13.7 Å². The summed E-state index contributed by atoms with van der Waals surface area (Å²) in [5.74, 6) is -0.860. The van der Waals surface area contributed by atoms with Crippen molar-refractivity contribution in [2.24, 2.45) is 5.41 Å². The summed E-state index contributed by atoms with van der Waals surface area (Å²) in [5.41, 5.74) is -1.67. The predicted molar refractivity (Wildman–Crippen MR) is 152 cm³/mol. The molecule has 0 unspecified atom stereocenters. The van der Waals surface area contributed by atoms with E-state index in [0.717, 1.165) is 0 Å². The summed E-state index contributed by atoms with van der Waals surface area (Å²) >= 11 is 0. The summed E-state index contributed by atoms with van der Waals surface area (Å²) < 4.78 is 23.1. The van der Waals surface area contributed by atoms with Gasteiger partial charge in [0.2, 0.25) is 16.3 Å². The Balaban J connectivity index is 1.43. The van der Waals surface area contributed by atoms with E-state index in [1.54, 1.807) is 32.3 Å². The lowest BCUT2D eigenvalue weighted by Crippen LogP contribution is -2.35. The van der Waals surface area contributed by atoms with Gasteiger partial charge in [-0.3, -0.25) is 14.4 Å². The lowest BCUT2D eigenvalue weighted by molar-refractivity contribution is -0.0616. The van der Waals surface area contributed by atoms with Gasteiger partial charge < -0.3 is 43.2 Å². The van der Waals surface area contributed by atoms with E-state index in [-0.39, 0.29) is 17.2 Å². The number of aromatic nitrogens is 3. The van der Waals surface area contributed by atoms with E-state index in [4.69, 9.17) is 14.2 Å². The molecule has 224 valence electrons. The molecule has 0 amide bonds. The van der Waals surface area contributed by atoms with Crippen molar-refractivity contribution in [2.45, 2.75) is 45.8 Å². The Hall–Kier alpha value is -3.87. The summed E-state index contributed by atoms with van der Waals surface area (Å²) in [4.78, 5) is 34.1. The first-order valence-corrected chi connectivity index (χ1v) is 13.6. The Morgan fingerprint density at radius 1 is 0.585 bits per heavy atom. The fourth-order valence-electron chi connectivity index (χ4n) is 4.08. The first kappa shape index (κ1) is 31.7. The normalized spacial score (nSPS) is 11.6. The second-order valence-corrected chi connectivity index (χ2v) is 10.3. The molecule has 0 aliphatic heterocycles. The Morgan fingerprint density at radius 2 is 0.878 bits per heavy atom. The average Bonchev–Trinajstić information content (AvgIpc) is 2.94. The van der Waals surface area contributed by atoms with Gasteiger partial charge in [-0.25, -0.2) is 0 Å². The van der Waals surface area contributed by atoms with Crippen LogP contribution < -0.4 is 16.3 Å². The van der Waals surface area contributed by atoms with E-state index in [1.807, 2.05) is 6.92 Å². The van der Waals surface area contributed by atoms with Gasteiger partial charge in [0.25, 0.3) is 0 Å². The Labute approximate surface area is 237 Å². The highest BCUT2D eigenvalue weighted by Gasteiger charge is 2.26. The zero-order chi connectivity index (χ0) is 29.7. The molecule has 0 bridgehead atoms. The molecule has 3 rings (SSSR count). The van der Waals surface area contributed by atoms with Crippen LogP contribution in [0, 0.1) is 5.41 Å². The van der Waals surface area contributed by atoms with Crippen LogP contribution in [0.3, 0.4) is 0 Å². The molecule has 0 saturated heterocycles. The van der Waals surface area contributed by atoms with Crippen molar-refractivity contribution >= 4 is 0 Å². The molecule has 0 spiro atoms. The van der Waals surface area contributed by atoms with Gasteiger partial charge in [0.05, 0.1) is 19.8 Å². The molecule has 41 heavy (non-hydrogen) atoms. The molecule has 3 heterocycles. The highest BCUT2D eigenvalue weighted by Crippen LogP contribution is 2.19. The van der Waals surface area contributed by atoms with Crippen LogP contribution >= 0.6 is 0 Å². The predicted octanol–water partition coefficient (Wildman–Crippen LogP) is 1.92. The van der Waals surface area contributed by atoms with Gasteiger partial charge in [-0.05, 0) is 19.3 Å². The number of hydrogen-bond donors (Lipinski definition) is 3. The van der Waals surface area contributed by atoms with E-state index < -0.39 is 21.7 Å². The minimum Gasteiger partial charge on any atom is -0.503 e. The number of aromatic hydroxyl groups is 3. The molecule has 12 nitrogen and oxygen atoms in total. The fourth-order valence-corrected chi connectivity index (χ4v) is 4.08. The van der Waals surface area contributed by atoms with Crippen LogP contribution in [0.15, 0.2) is 69.8 Å². The van der Waals surface area contributed by atoms with Gasteiger partial charge in [0.15, 0.2) is 17.2 Å². The van der Waals surface area contributed by atoms with Gasteiger partial charge in [0, 0.05) is 100 Å². The Kier molecular flexibility index (Phi) is 12.2. The quantitative estimate of drug-likeness (QED) is 0.194. The summed E-state index contributed by atoms with van der Waals surface area (Å²) in [6, 6.07) is 3.96. The maximum Gasteiger partial charge on any atom is 0.223 e. The molecule has 0 saturated carbocycles. The Bertz CT molecular complexity index is 1250. The second-order valence-electron chi connectivity index (χ2n) is 10.3. The lowest BCUT2D eigenvalue weighted by atomic mass is 9.94. The molecular weight excluding hydrogens is 534 g/mol. The third-order valence-electron chi connectivity index (χ3n) is 6.34. The monoisotopic (exact) mass is 573 g/mol. The van der Waals surface area contributed by atoms with Crippen LogP contribution in [0.5, 0.6) is 17.2 Å². The number of ether oxygens (including phenoxy) is 3. The lowest BCUT2D eigenvalue weighted by Gasteiger charge is -2.29. The third kappa shape index (κ3) is 10.9. The molecule has 0 fully saturated rings. The van der Waals surface area contributed by atoms with Crippen molar-refractivity contribution in [2.75, 3.05) is 39.6 Å². The number of pyridine rings is 3. The number of hydrogen-bond acceptors (Lipinski definition) is 9. The van der Waals surface area contributed by atoms with E-state index in [1.165, 1.54) is 36.8 Å². The first-order valence-electron chi connectivity index (χ1n) is 13.6. The first-order chi connectivity index (χ1) is 19.6. The number of nitrogens with zero attached hydrogens (tertiary/aromatic N) is 3. The molecule has 0 aromatic carbocycles. The van der Waals surface area contributed by atoms with E-state index in [9.17, 15) is 29.7 Å². The summed E-state index contributed by atoms with van der Waals surface area (Å²) in [6.07, 6.45) is 11.1. The third-order valence-corrected chi connectivity index (χ3v) is 6.34. The fraction of sp³-hybridized carbons (Fsp3) is 0.483. The van der Waals surface area contributed by atoms with Crippen LogP contribution in [-0.2, 0) is 33.8 Å². The maximum absolute atomic E-state index is 11.4. The molecule has 0 aliphatic rings. The average molecular weight is 574 g/mol.